The first kappa shape index (κ1) is 15.4. The Labute approximate surface area is 108 Å². The van der Waals surface area contributed by atoms with Crippen LogP contribution in [0.25, 0.3) is 0 Å². The zero-order valence-corrected chi connectivity index (χ0v) is 10.6. The number of nitrogens with one attached hydrogen (secondary N) is 1. The predicted octanol–water partition coefficient (Wildman–Crippen LogP) is 0.988. The molecule has 4 N–H and O–H groups in total. The van der Waals surface area contributed by atoms with Crippen LogP contribution in [0, 0.1) is 0 Å². The Kier molecular flexibility index (Phi) is 4.90. The van der Waals surface area contributed by atoms with Crippen molar-refractivity contribution in [2.24, 2.45) is 5.84 Å². The van der Waals surface area contributed by atoms with E-state index in [2.05, 4.69) is 15.4 Å². The van der Waals surface area contributed by atoms with Gasteiger partial charge in [-0.25, -0.2) is 15.8 Å². The molecular formula is C10H16F3N5O. The first-order valence-corrected chi connectivity index (χ1v) is 5.56. The van der Waals surface area contributed by atoms with Gasteiger partial charge in [-0.3, -0.25) is 0 Å². The van der Waals surface area contributed by atoms with Crippen LogP contribution in [-0.2, 0) is 6.18 Å². The van der Waals surface area contributed by atoms with Crippen molar-refractivity contribution in [3.05, 3.63) is 11.9 Å². The van der Waals surface area contributed by atoms with Crippen molar-refractivity contribution in [2.45, 2.75) is 25.6 Å². The highest BCUT2D eigenvalue weighted by atomic mass is 19.4. The second-order valence-electron chi connectivity index (χ2n) is 4.14. The summed E-state index contributed by atoms with van der Waals surface area (Å²) in [6, 6.07) is 1.30. The highest BCUT2D eigenvalue weighted by Crippen LogP contribution is 2.28. The van der Waals surface area contributed by atoms with Gasteiger partial charge >= 0.3 is 6.18 Å². The maximum Gasteiger partial charge on any atom is 0.451 e. The van der Waals surface area contributed by atoms with Crippen molar-refractivity contribution in [3.63, 3.8) is 0 Å². The number of aromatic nitrogens is 2. The topological polar surface area (TPSA) is 87.3 Å². The van der Waals surface area contributed by atoms with E-state index in [1.165, 1.54) is 11.0 Å². The SMILES string of the molecule is CC(O)CCN(C)c1cc(NN)nc(C(F)(F)F)n1. The smallest absolute Gasteiger partial charge is 0.393 e. The van der Waals surface area contributed by atoms with Gasteiger partial charge in [-0.1, -0.05) is 0 Å². The Morgan fingerprint density at radius 3 is 2.58 bits per heavy atom. The molecule has 0 saturated carbocycles. The number of nitrogens with zero attached hydrogens (tertiary/aromatic N) is 3. The molecule has 0 saturated heterocycles. The molecule has 0 aliphatic heterocycles. The molecule has 1 aromatic heterocycles. The summed E-state index contributed by atoms with van der Waals surface area (Å²) in [5.74, 6) is 3.78. The zero-order valence-electron chi connectivity index (χ0n) is 10.6. The number of rotatable bonds is 5. The summed E-state index contributed by atoms with van der Waals surface area (Å²) >= 11 is 0. The molecule has 1 rings (SSSR count). The third-order valence-electron chi connectivity index (χ3n) is 2.39. The molecule has 6 nitrogen and oxygen atoms in total. The van der Waals surface area contributed by atoms with E-state index >= 15 is 0 Å². The lowest BCUT2D eigenvalue weighted by Crippen LogP contribution is -2.25. The van der Waals surface area contributed by atoms with Crippen LogP contribution in [0.2, 0.25) is 0 Å². The summed E-state index contributed by atoms with van der Waals surface area (Å²) < 4.78 is 37.8. The molecule has 0 amide bonds. The van der Waals surface area contributed by atoms with E-state index in [1.807, 2.05) is 0 Å². The van der Waals surface area contributed by atoms with Gasteiger partial charge in [0, 0.05) is 19.7 Å². The highest BCUT2D eigenvalue weighted by molar-refractivity contribution is 5.48. The van der Waals surface area contributed by atoms with E-state index in [1.54, 1.807) is 14.0 Å². The molecule has 0 fully saturated rings. The molecule has 19 heavy (non-hydrogen) atoms. The second kappa shape index (κ2) is 6.02. The van der Waals surface area contributed by atoms with Crippen molar-refractivity contribution in [3.8, 4) is 0 Å². The van der Waals surface area contributed by atoms with Gasteiger partial charge < -0.3 is 15.4 Å². The van der Waals surface area contributed by atoms with Gasteiger partial charge in [0.15, 0.2) is 0 Å². The predicted molar refractivity (Wildman–Crippen MR) is 64.4 cm³/mol. The second-order valence-corrected chi connectivity index (χ2v) is 4.14. The normalized spacial score (nSPS) is 13.2. The van der Waals surface area contributed by atoms with Crippen LogP contribution < -0.4 is 16.2 Å². The number of aliphatic hydroxyl groups excluding tert-OH is 1. The van der Waals surface area contributed by atoms with E-state index in [0.29, 0.717) is 13.0 Å². The molecule has 108 valence electrons. The number of anilines is 2. The van der Waals surface area contributed by atoms with Crippen LogP contribution >= 0.6 is 0 Å². The molecule has 1 atom stereocenters. The van der Waals surface area contributed by atoms with Gasteiger partial charge in [0.1, 0.15) is 11.6 Å². The number of hydrogen-bond acceptors (Lipinski definition) is 6. The minimum Gasteiger partial charge on any atom is -0.393 e. The van der Waals surface area contributed by atoms with Gasteiger partial charge in [-0.05, 0) is 13.3 Å². The van der Waals surface area contributed by atoms with Crippen LogP contribution in [0.3, 0.4) is 0 Å². The molecule has 0 aromatic carbocycles. The largest absolute Gasteiger partial charge is 0.451 e. The van der Waals surface area contributed by atoms with Crippen molar-refractivity contribution in [1.82, 2.24) is 9.97 Å². The molecule has 0 spiro atoms. The minimum atomic E-state index is -4.65. The molecular weight excluding hydrogens is 263 g/mol. The molecule has 0 bridgehead atoms. The fourth-order valence-corrected chi connectivity index (χ4v) is 1.33. The number of hydrogen-bond donors (Lipinski definition) is 3. The number of halogens is 3. The standard InChI is InChI=1S/C10H16F3N5O/c1-6(19)3-4-18(2)8-5-7(17-14)15-9(16-8)10(11,12)13/h5-6,19H,3-4,14H2,1-2H3,(H,15,16,17). The first-order valence-electron chi connectivity index (χ1n) is 5.56. The van der Waals surface area contributed by atoms with Crippen molar-refractivity contribution in [1.29, 1.82) is 0 Å². The lowest BCUT2D eigenvalue weighted by molar-refractivity contribution is -0.144. The van der Waals surface area contributed by atoms with Crippen molar-refractivity contribution >= 4 is 11.6 Å². The van der Waals surface area contributed by atoms with E-state index in [9.17, 15) is 13.2 Å². The number of hydrazine groups is 1. The van der Waals surface area contributed by atoms with Crippen LogP contribution in [0.4, 0.5) is 24.8 Å². The van der Waals surface area contributed by atoms with Crippen LogP contribution in [-0.4, -0.2) is 34.8 Å². The van der Waals surface area contributed by atoms with Crippen molar-refractivity contribution in [2.75, 3.05) is 23.9 Å². The van der Waals surface area contributed by atoms with E-state index in [0.717, 1.165) is 0 Å². The molecule has 1 aromatic rings. The summed E-state index contributed by atoms with van der Waals surface area (Å²) in [7, 11) is 1.57. The Balaban J connectivity index is 2.99. The molecule has 0 radical (unpaired) electrons. The summed E-state index contributed by atoms with van der Waals surface area (Å²) in [6.45, 7) is 1.96. The minimum absolute atomic E-state index is 0.0796. The van der Waals surface area contributed by atoms with Gasteiger partial charge in [0.25, 0.3) is 0 Å². The van der Waals surface area contributed by atoms with Crippen LogP contribution in [0.15, 0.2) is 6.07 Å². The number of alkyl halides is 3. The number of aliphatic hydroxyl groups is 1. The Hall–Kier alpha value is -1.61. The van der Waals surface area contributed by atoms with Crippen LogP contribution in [0.5, 0.6) is 0 Å². The van der Waals surface area contributed by atoms with Crippen molar-refractivity contribution < 1.29 is 18.3 Å². The summed E-state index contributed by atoms with van der Waals surface area (Å²) in [5, 5.41) is 9.16. The van der Waals surface area contributed by atoms with Gasteiger partial charge in [-0.15, -0.1) is 0 Å². The monoisotopic (exact) mass is 279 g/mol. The quantitative estimate of drug-likeness (QED) is 0.550. The average molecular weight is 279 g/mol. The zero-order chi connectivity index (χ0) is 14.6. The van der Waals surface area contributed by atoms with Gasteiger partial charge in [0.2, 0.25) is 5.82 Å². The van der Waals surface area contributed by atoms with E-state index in [4.69, 9.17) is 10.9 Å². The fourth-order valence-electron chi connectivity index (χ4n) is 1.33. The highest BCUT2D eigenvalue weighted by Gasteiger charge is 2.35. The lowest BCUT2D eigenvalue weighted by atomic mass is 10.3. The van der Waals surface area contributed by atoms with Gasteiger partial charge in [-0.2, -0.15) is 13.2 Å². The molecule has 0 aliphatic rings. The van der Waals surface area contributed by atoms with Gasteiger partial charge in [0.05, 0.1) is 6.10 Å². The summed E-state index contributed by atoms with van der Waals surface area (Å²) in [5.41, 5.74) is 2.07. The third-order valence-corrected chi connectivity index (χ3v) is 2.39. The summed E-state index contributed by atoms with van der Waals surface area (Å²) in [6.07, 6.45) is -4.78. The molecule has 1 unspecified atom stereocenters. The average Bonchev–Trinajstić information content (AvgIpc) is 2.34. The molecule has 0 aliphatic carbocycles. The Morgan fingerprint density at radius 1 is 1.47 bits per heavy atom. The Bertz CT molecular complexity index is 424. The lowest BCUT2D eigenvalue weighted by Gasteiger charge is -2.20. The maximum atomic E-state index is 12.6. The summed E-state index contributed by atoms with van der Waals surface area (Å²) in [4.78, 5) is 8.19. The number of nitrogens with two attached hydrogens (primary N) is 1. The Morgan fingerprint density at radius 2 is 2.11 bits per heavy atom. The maximum absolute atomic E-state index is 12.6. The third kappa shape index (κ3) is 4.52. The van der Waals surface area contributed by atoms with E-state index in [-0.39, 0.29) is 11.6 Å². The van der Waals surface area contributed by atoms with E-state index < -0.39 is 18.1 Å². The molecule has 9 heteroatoms. The molecule has 1 heterocycles. The van der Waals surface area contributed by atoms with Crippen LogP contribution in [0.1, 0.15) is 19.2 Å². The number of nitrogen functional groups attached to an aromatic ring is 1. The first-order chi connectivity index (χ1) is 8.74. The fraction of sp³-hybridized carbons (Fsp3) is 0.600.